The topological polar surface area (TPSA) is 21.3 Å². The van der Waals surface area contributed by atoms with E-state index in [4.69, 9.17) is 4.74 Å². The van der Waals surface area contributed by atoms with Crippen molar-refractivity contribution in [2.75, 3.05) is 6.61 Å². The second kappa shape index (κ2) is 8.08. The fourth-order valence-corrected chi connectivity index (χ4v) is 2.38. The summed E-state index contributed by atoms with van der Waals surface area (Å²) in [6, 6.07) is 16.6. The SMILES string of the molecule is CCCOc1ccc(Br)cc1CNCc1ccccc1. The molecule has 2 aromatic rings. The van der Waals surface area contributed by atoms with Crippen molar-refractivity contribution in [3.63, 3.8) is 0 Å². The average molecular weight is 334 g/mol. The van der Waals surface area contributed by atoms with Gasteiger partial charge in [-0.1, -0.05) is 53.2 Å². The number of rotatable bonds is 7. The predicted molar refractivity (Wildman–Crippen MR) is 86.9 cm³/mol. The van der Waals surface area contributed by atoms with Crippen molar-refractivity contribution >= 4 is 15.9 Å². The van der Waals surface area contributed by atoms with Gasteiger partial charge < -0.3 is 10.1 Å². The van der Waals surface area contributed by atoms with Crippen LogP contribution in [0.2, 0.25) is 0 Å². The van der Waals surface area contributed by atoms with E-state index in [0.29, 0.717) is 0 Å². The van der Waals surface area contributed by atoms with Gasteiger partial charge in [0.1, 0.15) is 5.75 Å². The zero-order chi connectivity index (χ0) is 14.2. The largest absolute Gasteiger partial charge is 0.493 e. The Hall–Kier alpha value is -1.32. The normalized spacial score (nSPS) is 10.5. The van der Waals surface area contributed by atoms with Crippen LogP contribution in [-0.4, -0.2) is 6.61 Å². The smallest absolute Gasteiger partial charge is 0.123 e. The van der Waals surface area contributed by atoms with E-state index in [9.17, 15) is 0 Å². The quantitative estimate of drug-likeness (QED) is 0.803. The molecule has 0 spiro atoms. The molecule has 0 aliphatic heterocycles. The fraction of sp³-hybridized carbons (Fsp3) is 0.294. The fourth-order valence-electron chi connectivity index (χ4n) is 1.98. The average Bonchev–Trinajstić information content (AvgIpc) is 2.47. The van der Waals surface area contributed by atoms with Crippen molar-refractivity contribution in [2.45, 2.75) is 26.4 Å². The molecule has 0 saturated heterocycles. The third-order valence-electron chi connectivity index (χ3n) is 2.97. The first kappa shape index (κ1) is 15.1. The molecule has 0 unspecified atom stereocenters. The van der Waals surface area contributed by atoms with Crippen LogP contribution < -0.4 is 10.1 Å². The monoisotopic (exact) mass is 333 g/mol. The van der Waals surface area contributed by atoms with Gasteiger partial charge in [-0.05, 0) is 30.2 Å². The number of benzene rings is 2. The maximum Gasteiger partial charge on any atom is 0.123 e. The van der Waals surface area contributed by atoms with Gasteiger partial charge in [-0.15, -0.1) is 0 Å². The van der Waals surface area contributed by atoms with E-state index in [1.807, 2.05) is 18.2 Å². The minimum Gasteiger partial charge on any atom is -0.493 e. The Bertz CT molecular complexity index is 528. The highest BCUT2D eigenvalue weighted by Crippen LogP contribution is 2.23. The molecule has 2 aromatic carbocycles. The van der Waals surface area contributed by atoms with Gasteiger partial charge in [-0.25, -0.2) is 0 Å². The van der Waals surface area contributed by atoms with Crippen LogP contribution in [0, 0.1) is 0 Å². The van der Waals surface area contributed by atoms with Crippen LogP contribution in [0.4, 0.5) is 0 Å². The molecule has 0 heterocycles. The molecule has 0 aliphatic carbocycles. The van der Waals surface area contributed by atoms with Crippen LogP contribution in [0.5, 0.6) is 5.75 Å². The van der Waals surface area contributed by atoms with Gasteiger partial charge in [0.25, 0.3) is 0 Å². The molecule has 0 atom stereocenters. The molecule has 0 aromatic heterocycles. The van der Waals surface area contributed by atoms with Gasteiger partial charge in [-0.2, -0.15) is 0 Å². The molecule has 106 valence electrons. The van der Waals surface area contributed by atoms with Crippen LogP contribution in [0.3, 0.4) is 0 Å². The van der Waals surface area contributed by atoms with Crippen LogP contribution >= 0.6 is 15.9 Å². The lowest BCUT2D eigenvalue weighted by molar-refractivity contribution is 0.313. The van der Waals surface area contributed by atoms with Crippen LogP contribution in [0.1, 0.15) is 24.5 Å². The van der Waals surface area contributed by atoms with E-state index in [1.54, 1.807) is 0 Å². The molecule has 20 heavy (non-hydrogen) atoms. The van der Waals surface area contributed by atoms with Crippen LogP contribution in [0.15, 0.2) is 53.0 Å². The summed E-state index contributed by atoms with van der Waals surface area (Å²) in [5, 5.41) is 3.46. The molecule has 2 nitrogen and oxygen atoms in total. The Morgan fingerprint density at radius 1 is 1.05 bits per heavy atom. The lowest BCUT2D eigenvalue weighted by Gasteiger charge is -2.12. The van der Waals surface area contributed by atoms with Gasteiger partial charge >= 0.3 is 0 Å². The van der Waals surface area contributed by atoms with Crippen LogP contribution in [0.25, 0.3) is 0 Å². The minimum atomic E-state index is 0.757. The molecule has 1 N–H and O–H groups in total. The third kappa shape index (κ3) is 4.66. The molecule has 0 aliphatic rings. The van der Waals surface area contributed by atoms with Crippen molar-refractivity contribution in [1.29, 1.82) is 0 Å². The molecular formula is C17H20BrNO. The first-order valence-electron chi connectivity index (χ1n) is 6.95. The predicted octanol–water partition coefficient (Wildman–Crippen LogP) is 4.53. The summed E-state index contributed by atoms with van der Waals surface area (Å²) < 4.78 is 6.86. The molecule has 0 amide bonds. The third-order valence-corrected chi connectivity index (χ3v) is 3.46. The molecule has 0 bridgehead atoms. The standard InChI is InChI=1S/C17H20BrNO/c1-2-10-20-17-9-8-16(18)11-15(17)13-19-12-14-6-4-3-5-7-14/h3-9,11,19H,2,10,12-13H2,1H3. The Morgan fingerprint density at radius 3 is 2.60 bits per heavy atom. The van der Waals surface area contributed by atoms with E-state index in [1.165, 1.54) is 11.1 Å². The first-order chi connectivity index (χ1) is 9.79. The summed E-state index contributed by atoms with van der Waals surface area (Å²) in [5.74, 6) is 0.968. The summed E-state index contributed by atoms with van der Waals surface area (Å²) in [7, 11) is 0. The zero-order valence-corrected chi connectivity index (χ0v) is 13.3. The van der Waals surface area contributed by atoms with Crippen molar-refractivity contribution in [2.24, 2.45) is 0 Å². The van der Waals surface area contributed by atoms with Crippen molar-refractivity contribution in [1.82, 2.24) is 5.32 Å². The molecule has 2 rings (SSSR count). The van der Waals surface area contributed by atoms with E-state index in [0.717, 1.165) is 36.3 Å². The van der Waals surface area contributed by atoms with Gasteiger partial charge in [0, 0.05) is 23.1 Å². The molecule has 3 heteroatoms. The second-order valence-electron chi connectivity index (χ2n) is 4.69. The number of hydrogen-bond acceptors (Lipinski definition) is 2. The highest BCUT2D eigenvalue weighted by molar-refractivity contribution is 9.10. The summed E-state index contributed by atoms with van der Waals surface area (Å²) in [6.45, 7) is 4.54. The second-order valence-corrected chi connectivity index (χ2v) is 5.61. The van der Waals surface area contributed by atoms with Crippen molar-refractivity contribution in [3.05, 3.63) is 64.1 Å². The van der Waals surface area contributed by atoms with E-state index in [-0.39, 0.29) is 0 Å². The summed E-state index contributed by atoms with van der Waals surface area (Å²) in [4.78, 5) is 0. The maximum absolute atomic E-state index is 5.78. The van der Waals surface area contributed by atoms with Gasteiger partial charge in [0.2, 0.25) is 0 Å². The number of nitrogens with one attached hydrogen (secondary N) is 1. The lowest BCUT2D eigenvalue weighted by Crippen LogP contribution is -2.13. The highest BCUT2D eigenvalue weighted by Gasteiger charge is 2.04. The number of hydrogen-bond donors (Lipinski definition) is 1. The first-order valence-corrected chi connectivity index (χ1v) is 7.74. The van der Waals surface area contributed by atoms with Gasteiger partial charge in [-0.3, -0.25) is 0 Å². The van der Waals surface area contributed by atoms with E-state index < -0.39 is 0 Å². The van der Waals surface area contributed by atoms with E-state index >= 15 is 0 Å². The zero-order valence-electron chi connectivity index (χ0n) is 11.7. The molecular weight excluding hydrogens is 314 g/mol. The number of ether oxygens (including phenoxy) is 1. The molecule has 0 radical (unpaired) electrons. The highest BCUT2D eigenvalue weighted by atomic mass is 79.9. The maximum atomic E-state index is 5.78. The minimum absolute atomic E-state index is 0.757. The summed E-state index contributed by atoms with van der Waals surface area (Å²) >= 11 is 3.52. The molecule has 0 saturated carbocycles. The molecule has 0 fully saturated rings. The van der Waals surface area contributed by atoms with Gasteiger partial charge in [0.15, 0.2) is 0 Å². The van der Waals surface area contributed by atoms with Crippen molar-refractivity contribution < 1.29 is 4.74 Å². The Balaban J connectivity index is 1.95. The Morgan fingerprint density at radius 2 is 1.85 bits per heavy atom. The Kier molecular flexibility index (Phi) is 6.09. The lowest BCUT2D eigenvalue weighted by atomic mass is 10.2. The summed E-state index contributed by atoms with van der Waals surface area (Å²) in [5.41, 5.74) is 2.47. The number of halogens is 1. The van der Waals surface area contributed by atoms with E-state index in [2.05, 4.69) is 58.5 Å². The summed E-state index contributed by atoms with van der Waals surface area (Å²) in [6.07, 6.45) is 1.02. The van der Waals surface area contributed by atoms with Gasteiger partial charge in [0.05, 0.1) is 6.61 Å². The van der Waals surface area contributed by atoms with Crippen molar-refractivity contribution in [3.8, 4) is 5.75 Å². The van der Waals surface area contributed by atoms with Crippen LogP contribution in [-0.2, 0) is 13.1 Å². The Labute approximate surface area is 129 Å².